The van der Waals surface area contributed by atoms with Gasteiger partial charge in [0.1, 0.15) is 18.0 Å². The molecule has 2 aromatic heterocycles. The predicted molar refractivity (Wildman–Crippen MR) is 84.5 cm³/mol. The van der Waals surface area contributed by atoms with E-state index in [4.69, 9.17) is 0 Å². The smallest absolute Gasteiger partial charge is 0.134 e. The van der Waals surface area contributed by atoms with Crippen molar-refractivity contribution in [3.63, 3.8) is 0 Å². The van der Waals surface area contributed by atoms with Gasteiger partial charge in [-0.25, -0.2) is 15.0 Å². The van der Waals surface area contributed by atoms with Crippen LogP contribution in [0, 0.1) is 0 Å². The van der Waals surface area contributed by atoms with Crippen molar-refractivity contribution < 1.29 is 0 Å². The fourth-order valence-corrected chi connectivity index (χ4v) is 2.58. The van der Waals surface area contributed by atoms with Gasteiger partial charge in [-0.1, -0.05) is 13.8 Å². The Labute approximate surface area is 123 Å². The molecule has 0 atom stereocenters. The summed E-state index contributed by atoms with van der Waals surface area (Å²) in [6.45, 7) is 6.04. The third-order valence-electron chi connectivity index (χ3n) is 2.96. The summed E-state index contributed by atoms with van der Waals surface area (Å²) >= 11 is 1.69. The van der Waals surface area contributed by atoms with Crippen molar-refractivity contribution in [2.45, 2.75) is 33.1 Å². The van der Waals surface area contributed by atoms with Gasteiger partial charge in [0.05, 0.1) is 5.01 Å². The van der Waals surface area contributed by atoms with Crippen molar-refractivity contribution in [3.8, 4) is 0 Å². The number of rotatable bonds is 8. The number of aromatic nitrogens is 3. The summed E-state index contributed by atoms with van der Waals surface area (Å²) in [6, 6.07) is 0. The van der Waals surface area contributed by atoms with Crippen LogP contribution in [0.15, 0.2) is 17.9 Å². The summed E-state index contributed by atoms with van der Waals surface area (Å²) in [6.07, 6.45) is 6.37. The van der Waals surface area contributed by atoms with E-state index in [1.165, 1.54) is 0 Å². The Balaban J connectivity index is 1.99. The molecule has 2 heterocycles. The highest BCUT2D eigenvalue weighted by molar-refractivity contribution is 7.09. The fraction of sp³-hybridized carbons (Fsp3) is 0.500. The van der Waals surface area contributed by atoms with Gasteiger partial charge in [-0.3, -0.25) is 0 Å². The van der Waals surface area contributed by atoms with E-state index < -0.39 is 0 Å². The molecule has 0 spiro atoms. The highest BCUT2D eigenvalue weighted by Gasteiger charge is 2.09. The van der Waals surface area contributed by atoms with Crippen LogP contribution >= 0.6 is 11.3 Å². The summed E-state index contributed by atoms with van der Waals surface area (Å²) in [4.78, 5) is 13.0. The molecule has 0 bridgehead atoms. The molecule has 2 rings (SSSR count). The zero-order valence-corrected chi connectivity index (χ0v) is 12.8. The van der Waals surface area contributed by atoms with Crippen LogP contribution in [-0.4, -0.2) is 28.0 Å². The van der Waals surface area contributed by atoms with Gasteiger partial charge >= 0.3 is 0 Å². The Kier molecular flexibility index (Phi) is 5.73. The van der Waals surface area contributed by atoms with E-state index in [1.54, 1.807) is 17.7 Å². The van der Waals surface area contributed by atoms with Crippen molar-refractivity contribution in [3.05, 3.63) is 28.5 Å². The van der Waals surface area contributed by atoms with E-state index in [-0.39, 0.29) is 0 Å². The molecule has 0 unspecified atom stereocenters. The summed E-state index contributed by atoms with van der Waals surface area (Å²) in [5.74, 6) is 1.87. The third-order valence-corrected chi connectivity index (χ3v) is 3.80. The molecule has 5 nitrogen and oxygen atoms in total. The maximum absolute atomic E-state index is 4.36. The van der Waals surface area contributed by atoms with Crippen molar-refractivity contribution in [2.24, 2.45) is 0 Å². The Bertz CT molecular complexity index is 512. The summed E-state index contributed by atoms with van der Waals surface area (Å²) < 4.78 is 0. The predicted octanol–water partition coefficient (Wildman–Crippen LogP) is 2.97. The standard InChI is InChI=1S/C14H21N5S/c1-3-6-16-13-11(4-2)14(19-10-18-13)17-7-5-12-15-8-9-20-12/h8-10H,3-7H2,1-2H3,(H2,16,17,18,19). The van der Waals surface area contributed by atoms with Crippen LogP contribution in [0.3, 0.4) is 0 Å². The maximum Gasteiger partial charge on any atom is 0.134 e. The normalized spacial score (nSPS) is 10.5. The first-order valence-corrected chi connectivity index (χ1v) is 7.93. The molecule has 0 aliphatic carbocycles. The van der Waals surface area contributed by atoms with Gasteiger partial charge in [0.15, 0.2) is 0 Å². The molecule has 0 aromatic carbocycles. The average Bonchev–Trinajstić information content (AvgIpc) is 2.98. The molecular formula is C14H21N5S. The van der Waals surface area contributed by atoms with Gasteiger partial charge in [0.25, 0.3) is 0 Å². The van der Waals surface area contributed by atoms with Crippen LogP contribution in [-0.2, 0) is 12.8 Å². The second-order valence-corrected chi connectivity index (χ2v) is 5.41. The Hall–Kier alpha value is -1.69. The molecule has 108 valence electrons. The van der Waals surface area contributed by atoms with Gasteiger partial charge in [0.2, 0.25) is 0 Å². The SMILES string of the molecule is CCCNc1ncnc(NCCc2nccs2)c1CC. The van der Waals surface area contributed by atoms with E-state index >= 15 is 0 Å². The number of thiazole rings is 1. The summed E-state index contributed by atoms with van der Waals surface area (Å²) in [7, 11) is 0. The molecule has 0 fully saturated rings. The lowest BCUT2D eigenvalue weighted by molar-refractivity contribution is 0.936. The van der Waals surface area contributed by atoms with Crippen molar-refractivity contribution in [1.29, 1.82) is 0 Å². The molecule has 0 aliphatic rings. The Morgan fingerprint density at radius 2 is 1.80 bits per heavy atom. The maximum atomic E-state index is 4.36. The minimum atomic E-state index is 0.838. The summed E-state index contributed by atoms with van der Waals surface area (Å²) in [5, 5.41) is 9.90. The number of nitrogens with one attached hydrogen (secondary N) is 2. The highest BCUT2D eigenvalue weighted by Crippen LogP contribution is 2.20. The number of hydrogen-bond donors (Lipinski definition) is 2. The largest absolute Gasteiger partial charge is 0.370 e. The van der Waals surface area contributed by atoms with Crippen molar-refractivity contribution >= 4 is 23.0 Å². The van der Waals surface area contributed by atoms with E-state index in [9.17, 15) is 0 Å². The van der Waals surface area contributed by atoms with Gasteiger partial charge in [0, 0.05) is 36.7 Å². The van der Waals surface area contributed by atoms with E-state index in [0.29, 0.717) is 0 Å². The lowest BCUT2D eigenvalue weighted by atomic mass is 10.2. The molecular weight excluding hydrogens is 270 g/mol. The second kappa shape index (κ2) is 7.79. The summed E-state index contributed by atoms with van der Waals surface area (Å²) in [5.41, 5.74) is 1.15. The van der Waals surface area contributed by atoms with Gasteiger partial charge in [-0.05, 0) is 12.8 Å². The minimum Gasteiger partial charge on any atom is -0.370 e. The first kappa shape index (κ1) is 14.7. The van der Waals surface area contributed by atoms with E-state index in [0.717, 1.165) is 54.6 Å². The van der Waals surface area contributed by atoms with Crippen LogP contribution in [0.2, 0.25) is 0 Å². The molecule has 2 aromatic rings. The highest BCUT2D eigenvalue weighted by atomic mass is 32.1. The van der Waals surface area contributed by atoms with Crippen LogP contribution in [0.5, 0.6) is 0 Å². The van der Waals surface area contributed by atoms with E-state index in [2.05, 4.69) is 39.4 Å². The molecule has 2 N–H and O–H groups in total. The first-order valence-electron chi connectivity index (χ1n) is 7.05. The van der Waals surface area contributed by atoms with Crippen LogP contribution < -0.4 is 10.6 Å². The van der Waals surface area contributed by atoms with Crippen LogP contribution in [0.25, 0.3) is 0 Å². The van der Waals surface area contributed by atoms with Crippen molar-refractivity contribution in [2.75, 3.05) is 23.7 Å². The zero-order chi connectivity index (χ0) is 14.2. The second-order valence-electron chi connectivity index (χ2n) is 4.43. The quantitative estimate of drug-likeness (QED) is 0.783. The topological polar surface area (TPSA) is 62.7 Å². The van der Waals surface area contributed by atoms with E-state index in [1.807, 2.05) is 11.6 Å². The molecule has 0 aliphatic heterocycles. The van der Waals surface area contributed by atoms with Gasteiger partial charge in [-0.15, -0.1) is 11.3 Å². The first-order chi connectivity index (χ1) is 9.85. The van der Waals surface area contributed by atoms with Crippen molar-refractivity contribution in [1.82, 2.24) is 15.0 Å². The molecule has 20 heavy (non-hydrogen) atoms. The van der Waals surface area contributed by atoms with Crippen LogP contribution in [0.1, 0.15) is 30.8 Å². The molecule has 0 saturated heterocycles. The number of anilines is 2. The van der Waals surface area contributed by atoms with Crippen LogP contribution in [0.4, 0.5) is 11.6 Å². The molecule has 0 radical (unpaired) electrons. The number of nitrogens with zero attached hydrogens (tertiary/aromatic N) is 3. The average molecular weight is 291 g/mol. The lowest BCUT2D eigenvalue weighted by Crippen LogP contribution is -2.12. The monoisotopic (exact) mass is 291 g/mol. The molecule has 0 saturated carbocycles. The zero-order valence-electron chi connectivity index (χ0n) is 12.0. The number of hydrogen-bond acceptors (Lipinski definition) is 6. The minimum absolute atomic E-state index is 0.838. The van der Waals surface area contributed by atoms with Gasteiger partial charge in [-0.2, -0.15) is 0 Å². The Morgan fingerprint density at radius 1 is 1.05 bits per heavy atom. The molecule has 0 amide bonds. The van der Waals surface area contributed by atoms with Gasteiger partial charge < -0.3 is 10.6 Å². The Morgan fingerprint density at radius 3 is 2.40 bits per heavy atom. The fourth-order valence-electron chi connectivity index (χ4n) is 1.96. The molecule has 6 heteroatoms. The third kappa shape index (κ3) is 3.90. The lowest BCUT2D eigenvalue weighted by Gasteiger charge is -2.13.